The van der Waals surface area contributed by atoms with E-state index in [0.29, 0.717) is 12.8 Å². The highest BCUT2D eigenvalue weighted by molar-refractivity contribution is 5.46. The molecule has 2 N–H and O–H groups in total. The van der Waals surface area contributed by atoms with Crippen LogP contribution in [0.25, 0.3) is 0 Å². The maximum absolute atomic E-state index is 5.94. The van der Waals surface area contributed by atoms with Crippen molar-refractivity contribution in [2.24, 2.45) is 5.73 Å². The highest BCUT2D eigenvalue weighted by atomic mass is 16.7. The first-order valence-electron chi connectivity index (χ1n) is 6.13. The maximum Gasteiger partial charge on any atom is 0.231 e. The zero-order valence-corrected chi connectivity index (χ0v) is 9.72. The van der Waals surface area contributed by atoms with Crippen molar-refractivity contribution in [1.82, 2.24) is 0 Å². The molecule has 1 aromatic carbocycles. The van der Waals surface area contributed by atoms with E-state index in [0.717, 1.165) is 42.9 Å². The Bertz CT molecular complexity index is 400. The Hall–Kier alpha value is -1.42. The Morgan fingerprint density at radius 1 is 1.06 bits per heavy atom. The molecule has 1 heterocycles. The van der Waals surface area contributed by atoms with Gasteiger partial charge in [-0.1, -0.05) is 0 Å². The molecule has 0 radical (unpaired) electrons. The van der Waals surface area contributed by atoms with Gasteiger partial charge in [0.1, 0.15) is 5.75 Å². The fourth-order valence-electron chi connectivity index (χ4n) is 2.35. The second-order valence-corrected chi connectivity index (χ2v) is 4.67. The van der Waals surface area contributed by atoms with E-state index in [4.69, 9.17) is 19.9 Å². The highest BCUT2D eigenvalue weighted by Gasteiger charge is 2.21. The molecule has 1 aromatic rings. The molecule has 4 nitrogen and oxygen atoms in total. The van der Waals surface area contributed by atoms with Gasteiger partial charge >= 0.3 is 0 Å². The molecule has 3 rings (SSSR count). The third-order valence-electron chi connectivity index (χ3n) is 3.37. The average molecular weight is 235 g/mol. The fraction of sp³-hybridized carbons (Fsp3) is 0.538. The van der Waals surface area contributed by atoms with Crippen molar-refractivity contribution in [3.63, 3.8) is 0 Å². The standard InChI is InChI=1S/C13H17NO3/c14-9-1-3-10(4-2-9)17-11-5-6-12-13(7-11)16-8-15-12/h5-7,9-10H,1-4,8,14H2. The molecule has 1 saturated carbocycles. The van der Waals surface area contributed by atoms with Crippen molar-refractivity contribution in [2.75, 3.05) is 6.79 Å². The SMILES string of the molecule is NC1CCC(Oc2ccc3c(c2)OCO3)CC1. The van der Waals surface area contributed by atoms with Gasteiger partial charge in [-0.3, -0.25) is 0 Å². The molecule has 0 aromatic heterocycles. The Morgan fingerprint density at radius 3 is 2.65 bits per heavy atom. The van der Waals surface area contributed by atoms with Gasteiger partial charge in [-0.05, 0) is 37.8 Å². The molecule has 4 heteroatoms. The number of ether oxygens (including phenoxy) is 3. The molecule has 1 aliphatic heterocycles. The smallest absolute Gasteiger partial charge is 0.231 e. The van der Waals surface area contributed by atoms with E-state index >= 15 is 0 Å². The number of benzene rings is 1. The summed E-state index contributed by atoms with van der Waals surface area (Å²) in [5.74, 6) is 2.42. The minimum Gasteiger partial charge on any atom is -0.490 e. The van der Waals surface area contributed by atoms with Crippen LogP contribution in [0.2, 0.25) is 0 Å². The van der Waals surface area contributed by atoms with Gasteiger partial charge in [-0.15, -0.1) is 0 Å². The van der Waals surface area contributed by atoms with Crippen LogP contribution in [0.15, 0.2) is 18.2 Å². The van der Waals surface area contributed by atoms with Crippen LogP contribution in [0.1, 0.15) is 25.7 Å². The van der Waals surface area contributed by atoms with Gasteiger partial charge in [0.2, 0.25) is 6.79 Å². The van der Waals surface area contributed by atoms with Gasteiger partial charge in [0.25, 0.3) is 0 Å². The van der Waals surface area contributed by atoms with Gasteiger partial charge in [-0.25, -0.2) is 0 Å². The molecule has 0 amide bonds. The van der Waals surface area contributed by atoms with Gasteiger partial charge in [0.05, 0.1) is 6.10 Å². The molecule has 1 aliphatic carbocycles. The van der Waals surface area contributed by atoms with Crippen molar-refractivity contribution >= 4 is 0 Å². The normalized spacial score (nSPS) is 26.9. The number of nitrogens with two attached hydrogens (primary N) is 1. The lowest BCUT2D eigenvalue weighted by atomic mass is 9.94. The minimum absolute atomic E-state index is 0.287. The molecule has 2 aliphatic rings. The number of rotatable bonds is 2. The third-order valence-corrected chi connectivity index (χ3v) is 3.37. The molecule has 0 saturated heterocycles. The average Bonchev–Trinajstić information content (AvgIpc) is 2.79. The van der Waals surface area contributed by atoms with Crippen molar-refractivity contribution in [2.45, 2.75) is 37.8 Å². The van der Waals surface area contributed by atoms with Crippen LogP contribution in [-0.4, -0.2) is 18.9 Å². The van der Waals surface area contributed by atoms with Crippen molar-refractivity contribution in [3.05, 3.63) is 18.2 Å². The Morgan fingerprint density at radius 2 is 1.82 bits per heavy atom. The monoisotopic (exact) mass is 235 g/mol. The lowest BCUT2D eigenvalue weighted by Crippen LogP contribution is -2.31. The molecule has 17 heavy (non-hydrogen) atoms. The van der Waals surface area contributed by atoms with Crippen LogP contribution in [-0.2, 0) is 0 Å². The molecule has 1 fully saturated rings. The molecule has 0 spiro atoms. The first-order chi connectivity index (χ1) is 8.31. The highest BCUT2D eigenvalue weighted by Crippen LogP contribution is 2.36. The number of hydrogen-bond acceptors (Lipinski definition) is 4. The Balaban J connectivity index is 1.65. The lowest BCUT2D eigenvalue weighted by molar-refractivity contribution is 0.146. The van der Waals surface area contributed by atoms with Crippen LogP contribution < -0.4 is 19.9 Å². The fourth-order valence-corrected chi connectivity index (χ4v) is 2.35. The summed E-state index contributed by atoms with van der Waals surface area (Å²) in [5, 5.41) is 0. The summed E-state index contributed by atoms with van der Waals surface area (Å²) in [5.41, 5.74) is 5.87. The molecule has 0 bridgehead atoms. The second kappa shape index (κ2) is 4.45. The van der Waals surface area contributed by atoms with E-state index in [1.165, 1.54) is 0 Å². The molecule has 92 valence electrons. The second-order valence-electron chi connectivity index (χ2n) is 4.67. The van der Waals surface area contributed by atoms with Crippen LogP contribution in [0.5, 0.6) is 17.2 Å². The summed E-state index contributed by atoms with van der Waals surface area (Å²) in [7, 11) is 0. The van der Waals surface area contributed by atoms with Gasteiger partial charge < -0.3 is 19.9 Å². The summed E-state index contributed by atoms with van der Waals surface area (Å²) in [6.07, 6.45) is 4.46. The van der Waals surface area contributed by atoms with Crippen molar-refractivity contribution in [1.29, 1.82) is 0 Å². The summed E-state index contributed by atoms with van der Waals surface area (Å²) in [4.78, 5) is 0. The van der Waals surface area contributed by atoms with E-state index in [-0.39, 0.29) is 6.10 Å². The first kappa shape index (κ1) is 10.7. The Kier molecular flexibility index (Phi) is 2.81. The lowest BCUT2D eigenvalue weighted by Gasteiger charge is -2.26. The first-order valence-corrected chi connectivity index (χ1v) is 6.13. The van der Waals surface area contributed by atoms with Crippen LogP contribution >= 0.6 is 0 Å². The Labute approximate surface area is 101 Å². The van der Waals surface area contributed by atoms with Crippen molar-refractivity contribution < 1.29 is 14.2 Å². The van der Waals surface area contributed by atoms with E-state index in [1.807, 2.05) is 18.2 Å². The number of fused-ring (bicyclic) bond motifs is 1. The van der Waals surface area contributed by atoms with E-state index in [1.54, 1.807) is 0 Å². The summed E-state index contributed by atoms with van der Waals surface area (Å²) < 4.78 is 16.5. The zero-order valence-electron chi connectivity index (χ0n) is 9.72. The minimum atomic E-state index is 0.287. The van der Waals surface area contributed by atoms with E-state index < -0.39 is 0 Å². The number of hydrogen-bond donors (Lipinski definition) is 1. The summed E-state index contributed by atoms with van der Waals surface area (Å²) in [6, 6.07) is 6.08. The topological polar surface area (TPSA) is 53.7 Å². The van der Waals surface area contributed by atoms with Crippen molar-refractivity contribution in [3.8, 4) is 17.2 Å². The quantitative estimate of drug-likeness (QED) is 0.852. The molecular formula is C13H17NO3. The predicted octanol–water partition coefficient (Wildman–Crippen LogP) is 2.06. The maximum atomic E-state index is 5.94. The zero-order chi connectivity index (χ0) is 11.7. The predicted molar refractivity (Wildman–Crippen MR) is 63.4 cm³/mol. The van der Waals surface area contributed by atoms with Crippen LogP contribution in [0.4, 0.5) is 0 Å². The molecule has 0 unspecified atom stereocenters. The third kappa shape index (κ3) is 2.31. The van der Waals surface area contributed by atoms with Gasteiger partial charge in [-0.2, -0.15) is 0 Å². The summed E-state index contributed by atoms with van der Waals surface area (Å²) in [6.45, 7) is 0.303. The van der Waals surface area contributed by atoms with E-state index in [9.17, 15) is 0 Å². The molecule has 0 atom stereocenters. The van der Waals surface area contributed by atoms with E-state index in [2.05, 4.69) is 0 Å². The largest absolute Gasteiger partial charge is 0.490 e. The molecular weight excluding hydrogens is 218 g/mol. The summed E-state index contributed by atoms with van der Waals surface area (Å²) >= 11 is 0. The van der Waals surface area contributed by atoms with Gasteiger partial charge in [0.15, 0.2) is 11.5 Å². The van der Waals surface area contributed by atoms with Crippen LogP contribution in [0.3, 0.4) is 0 Å². The van der Waals surface area contributed by atoms with Crippen LogP contribution in [0, 0.1) is 0 Å². The van der Waals surface area contributed by atoms with Gasteiger partial charge in [0, 0.05) is 12.1 Å².